The highest BCUT2D eigenvalue weighted by molar-refractivity contribution is 8.00. The first-order chi connectivity index (χ1) is 10.0. The van der Waals surface area contributed by atoms with Gasteiger partial charge in [0.25, 0.3) is 0 Å². The molecule has 1 aromatic carbocycles. The van der Waals surface area contributed by atoms with Crippen molar-refractivity contribution in [1.82, 2.24) is 0 Å². The van der Waals surface area contributed by atoms with Gasteiger partial charge in [0, 0.05) is 16.9 Å². The second-order valence-corrected chi connectivity index (χ2v) is 6.44. The van der Waals surface area contributed by atoms with Gasteiger partial charge in [-0.1, -0.05) is 32.9 Å². The van der Waals surface area contributed by atoms with Crippen LogP contribution < -0.4 is 0 Å². The molecule has 0 aliphatic heterocycles. The van der Waals surface area contributed by atoms with E-state index in [0.717, 1.165) is 23.3 Å². The molecule has 1 rings (SSSR count). The van der Waals surface area contributed by atoms with Gasteiger partial charge in [0.15, 0.2) is 5.78 Å². The van der Waals surface area contributed by atoms with Crippen LogP contribution in [-0.4, -0.2) is 24.1 Å². The number of thioether (sulfide) groups is 1. The van der Waals surface area contributed by atoms with Crippen molar-refractivity contribution in [2.75, 3.05) is 12.4 Å². The minimum absolute atomic E-state index is 0.169. The lowest BCUT2D eigenvalue weighted by Crippen LogP contribution is -2.09. The van der Waals surface area contributed by atoms with Crippen LogP contribution in [0.25, 0.3) is 0 Å². The number of hydrogen-bond acceptors (Lipinski definition) is 4. The SMILES string of the molecule is CCCC(=O)c1ccc(SCC(=O)OCCC(C)C)cc1. The predicted molar refractivity (Wildman–Crippen MR) is 86.8 cm³/mol. The van der Waals surface area contributed by atoms with Crippen molar-refractivity contribution in [2.24, 2.45) is 5.92 Å². The van der Waals surface area contributed by atoms with Crippen LogP contribution in [-0.2, 0) is 9.53 Å². The largest absolute Gasteiger partial charge is 0.465 e. The maximum absolute atomic E-state index is 11.7. The van der Waals surface area contributed by atoms with E-state index < -0.39 is 0 Å². The van der Waals surface area contributed by atoms with Crippen LogP contribution in [0.2, 0.25) is 0 Å². The van der Waals surface area contributed by atoms with Crippen molar-refractivity contribution in [3.8, 4) is 0 Å². The smallest absolute Gasteiger partial charge is 0.316 e. The molecule has 4 heteroatoms. The van der Waals surface area contributed by atoms with E-state index in [1.165, 1.54) is 11.8 Å². The molecular weight excluding hydrogens is 284 g/mol. The Labute approximate surface area is 131 Å². The molecule has 0 aliphatic rings. The second-order valence-electron chi connectivity index (χ2n) is 5.39. The van der Waals surface area contributed by atoms with Crippen molar-refractivity contribution >= 4 is 23.5 Å². The number of carbonyl (C=O) groups excluding carboxylic acids is 2. The van der Waals surface area contributed by atoms with E-state index in [2.05, 4.69) is 13.8 Å². The lowest BCUT2D eigenvalue weighted by atomic mass is 10.1. The summed E-state index contributed by atoms with van der Waals surface area (Å²) < 4.78 is 5.15. The van der Waals surface area contributed by atoms with Crippen LogP contribution in [0, 0.1) is 5.92 Å². The Kier molecular flexibility index (Phi) is 8.13. The van der Waals surface area contributed by atoms with Crippen LogP contribution in [0.15, 0.2) is 29.2 Å². The third kappa shape index (κ3) is 7.32. The maximum atomic E-state index is 11.7. The molecule has 0 aliphatic carbocycles. The van der Waals surface area contributed by atoms with Gasteiger partial charge >= 0.3 is 5.97 Å². The minimum atomic E-state index is -0.188. The minimum Gasteiger partial charge on any atom is -0.465 e. The van der Waals surface area contributed by atoms with Crippen LogP contribution in [0.1, 0.15) is 50.4 Å². The normalized spacial score (nSPS) is 10.7. The van der Waals surface area contributed by atoms with E-state index in [1.54, 1.807) is 0 Å². The third-order valence-corrected chi connectivity index (χ3v) is 3.95. The van der Waals surface area contributed by atoms with Gasteiger partial charge in [-0.15, -0.1) is 11.8 Å². The summed E-state index contributed by atoms with van der Waals surface area (Å²) in [6.45, 7) is 6.68. The zero-order chi connectivity index (χ0) is 15.7. The zero-order valence-corrected chi connectivity index (χ0v) is 13.9. The average molecular weight is 308 g/mol. The molecule has 0 heterocycles. The third-order valence-electron chi connectivity index (χ3n) is 2.97. The van der Waals surface area contributed by atoms with Gasteiger partial charge in [-0.25, -0.2) is 0 Å². The van der Waals surface area contributed by atoms with E-state index in [0.29, 0.717) is 24.7 Å². The fraction of sp³-hybridized carbons (Fsp3) is 0.529. The summed E-state index contributed by atoms with van der Waals surface area (Å²) in [5.41, 5.74) is 0.737. The molecule has 0 radical (unpaired) electrons. The second kappa shape index (κ2) is 9.61. The Morgan fingerprint density at radius 3 is 2.43 bits per heavy atom. The maximum Gasteiger partial charge on any atom is 0.316 e. The Morgan fingerprint density at radius 2 is 1.86 bits per heavy atom. The molecule has 0 fully saturated rings. The van der Waals surface area contributed by atoms with Crippen molar-refractivity contribution in [1.29, 1.82) is 0 Å². The Morgan fingerprint density at radius 1 is 1.19 bits per heavy atom. The molecule has 0 atom stereocenters. The van der Waals surface area contributed by atoms with Gasteiger partial charge < -0.3 is 4.74 Å². The first-order valence-electron chi connectivity index (χ1n) is 7.44. The molecule has 0 spiro atoms. The van der Waals surface area contributed by atoms with Gasteiger partial charge in [-0.3, -0.25) is 9.59 Å². The van der Waals surface area contributed by atoms with Gasteiger partial charge in [0.2, 0.25) is 0 Å². The first kappa shape index (κ1) is 17.8. The molecule has 21 heavy (non-hydrogen) atoms. The number of hydrogen-bond donors (Lipinski definition) is 0. The van der Waals surface area contributed by atoms with E-state index in [-0.39, 0.29) is 11.8 Å². The van der Waals surface area contributed by atoms with Crippen LogP contribution in [0.3, 0.4) is 0 Å². The van der Waals surface area contributed by atoms with E-state index in [4.69, 9.17) is 4.74 Å². The summed E-state index contributed by atoms with van der Waals surface area (Å²) in [6, 6.07) is 7.42. The van der Waals surface area contributed by atoms with E-state index in [1.807, 2.05) is 31.2 Å². The highest BCUT2D eigenvalue weighted by Crippen LogP contribution is 2.19. The monoisotopic (exact) mass is 308 g/mol. The van der Waals surface area contributed by atoms with E-state index >= 15 is 0 Å². The van der Waals surface area contributed by atoms with Crippen LogP contribution in [0.4, 0.5) is 0 Å². The standard InChI is InChI=1S/C17H24O3S/c1-4-5-16(18)14-6-8-15(9-7-14)21-12-17(19)20-11-10-13(2)3/h6-9,13H,4-5,10-12H2,1-3H3. The summed E-state index contributed by atoms with van der Waals surface area (Å²) >= 11 is 1.44. The Bertz CT molecular complexity index is 452. The summed E-state index contributed by atoms with van der Waals surface area (Å²) in [5, 5.41) is 0. The number of carbonyl (C=O) groups is 2. The molecule has 116 valence electrons. The lowest BCUT2D eigenvalue weighted by molar-refractivity contribution is -0.140. The highest BCUT2D eigenvalue weighted by atomic mass is 32.2. The summed E-state index contributed by atoms with van der Waals surface area (Å²) in [7, 11) is 0. The quantitative estimate of drug-likeness (QED) is 0.386. The van der Waals surface area contributed by atoms with Crippen LogP contribution >= 0.6 is 11.8 Å². The lowest BCUT2D eigenvalue weighted by Gasteiger charge is -2.07. The molecule has 0 bridgehead atoms. The van der Waals surface area contributed by atoms with Crippen molar-refractivity contribution < 1.29 is 14.3 Å². The fourth-order valence-corrected chi connectivity index (χ4v) is 2.40. The van der Waals surface area contributed by atoms with Gasteiger partial charge in [0.1, 0.15) is 0 Å². The van der Waals surface area contributed by atoms with Crippen molar-refractivity contribution in [2.45, 2.75) is 44.9 Å². The molecule has 0 amide bonds. The average Bonchev–Trinajstić information content (AvgIpc) is 2.45. The van der Waals surface area contributed by atoms with Crippen LogP contribution in [0.5, 0.6) is 0 Å². The number of ketones is 1. The zero-order valence-electron chi connectivity index (χ0n) is 13.1. The number of benzene rings is 1. The van der Waals surface area contributed by atoms with Crippen molar-refractivity contribution in [3.63, 3.8) is 0 Å². The molecule has 0 aromatic heterocycles. The molecule has 0 N–H and O–H groups in total. The first-order valence-corrected chi connectivity index (χ1v) is 8.43. The molecule has 0 unspecified atom stereocenters. The topological polar surface area (TPSA) is 43.4 Å². The Balaban J connectivity index is 2.35. The molecule has 0 saturated carbocycles. The molecule has 0 saturated heterocycles. The summed E-state index contributed by atoms with van der Waals surface area (Å²) in [4.78, 5) is 24.3. The summed E-state index contributed by atoms with van der Waals surface area (Å²) in [6.07, 6.45) is 2.33. The predicted octanol–water partition coefficient (Wildman–Crippen LogP) is 4.35. The molecular formula is C17H24O3S. The van der Waals surface area contributed by atoms with Gasteiger partial charge in [-0.05, 0) is 30.9 Å². The Hall–Kier alpha value is -1.29. The number of Topliss-reactive ketones (excluding diaryl/α,β-unsaturated/α-hetero) is 1. The molecule has 1 aromatic rings. The van der Waals surface area contributed by atoms with Gasteiger partial charge in [-0.2, -0.15) is 0 Å². The van der Waals surface area contributed by atoms with Gasteiger partial charge in [0.05, 0.1) is 12.4 Å². The van der Waals surface area contributed by atoms with Crippen molar-refractivity contribution in [3.05, 3.63) is 29.8 Å². The fourth-order valence-electron chi connectivity index (χ4n) is 1.70. The molecule has 3 nitrogen and oxygen atoms in total. The highest BCUT2D eigenvalue weighted by Gasteiger charge is 2.07. The number of esters is 1. The number of rotatable bonds is 9. The number of ether oxygens (including phenoxy) is 1. The van der Waals surface area contributed by atoms with E-state index in [9.17, 15) is 9.59 Å². The summed E-state index contributed by atoms with van der Waals surface area (Å²) in [5.74, 6) is 0.827.